The summed E-state index contributed by atoms with van der Waals surface area (Å²) in [5.41, 5.74) is 5.08. The number of ether oxygens (including phenoxy) is 1. The van der Waals surface area contributed by atoms with E-state index in [1.807, 2.05) is 6.07 Å². The molecule has 2 N–H and O–H groups in total. The van der Waals surface area contributed by atoms with E-state index in [0.29, 0.717) is 0 Å². The number of halogens is 3. The highest BCUT2D eigenvalue weighted by atomic mass is 79.9. The molecule has 0 unspecified atom stereocenters. The standard InChI is InChI=1S/C14H10BrF2NO2/c15-10-4-2-1-3-8(10)7-20-14(19)9-5-12(17)13(18)6-11(9)16/h1-6H,7,18H2. The number of nitrogens with two attached hydrogens (primary N) is 1. The minimum Gasteiger partial charge on any atom is -0.457 e. The topological polar surface area (TPSA) is 52.3 Å². The first kappa shape index (κ1) is 14.5. The van der Waals surface area contributed by atoms with Crippen LogP contribution in [0.5, 0.6) is 0 Å². The first-order chi connectivity index (χ1) is 9.49. The van der Waals surface area contributed by atoms with E-state index in [2.05, 4.69) is 15.9 Å². The van der Waals surface area contributed by atoms with Crippen molar-refractivity contribution in [1.82, 2.24) is 0 Å². The van der Waals surface area contributed by atoms with Crippen LogP contribution in [0.2, 0.25) is 0 Å². The van der Waals surface area contributed by atoms with Gasteiger partial charge in [-0.3, -0.25) is 0 Å². The van der Waals surface area contributed by atoms with Gasteiger partial charge in [0.25, 0.3) is 0 Å². The normalized spacial score (nSPS) is 10.3. The molecule has 2 aromatic carbocycles. The molecular weight excluding hydrogens is 332 g/mol. The van der Waals surface area contributed by atoms with E-state index in [1.54, 1.807) is 18.2 Å². The zero-order valence-corrected chi connectivity index (χ0v) is 11.8. The van der Waals surface area contributed by atoms with Gasteiger partial charge in [-0.05, 0) is 12.1 Å². The Kier molecular flexibility index (Phi) is 4.34. The van der Waals surface area contributed by atoms with Crippen molar-refractivity contribution in [2.75, 3.05) is 5.73 Å². The highest BCUT2D eigenvalue weighted by Gasteiger charge is 2.16. The SMILES string of the molecule is Nc1cc(F)c(C(=O)OCc2ccccc2Br)cc1F. The molecule has 0 aromatic heterocycles. The van der Waals surface area contributed by atoms with Crippen molar-refractivity contribution in [3.05, 3.63) is 63.6 Å². The number of hydrogen-bond donors (Lipinski definition) is 1. The van der Waals surface area contributed by atoms with Crippen LogP contribution in [0, 0.1) is 11.6 Å². The number of carbonyl (C=O) groups excluding carboxylic acids is 1. The van der Waals surface area contributed by atoms with Crippen LogP contribution in [0.1, 0.15) is 15.9 Å². The Morgan fingerprint density at radius 2 is 1.90 bits per heavy atom. The largest absolute Gasteiger partial charge is 0.457 e. The number of benzene rings is 2. The summed E-state index contributed by atoms with van der Waals surface area (Å²) < 4.78 is 32.5. The fraction of sp³-hybridized carbons (Fsp3) is 0.0714. The first-order valence-electron chi connectivity index (χ1n) is 5.64. The number of rotatable bonds is 3. The maximum atomic E-state index is 13.5. The maximum absolute atomic E-state index is 13.5. The Labute approximate surface area is 122 Å². The highest BCUT2D eigenvalue weighted by molar-refractivity contribution is 9.10. The molecule has 3 nitrogen and oxygen atoms in total. The van der Waals surface area contributed by atoms with Gasteiger partial charge in [0.05, 0.1) is 11.3 Å². The molecule has 0 saturated heterocycles. The van der Waals surface area contributed by atoms with Gasteiger partial charge in [-0.15, -0.1) is 0 Å². The Morgan fingerprint density at radius 3 is 2.60 bits per heavy atom. The predicted octanol–water partition coefficient (Wildman–Crippen LogP) is 3.67. The fourth-order valence-electron chi connectivity index (χ4n) is 1.56. The first-order valence-corrected chi connectivity index (χ1v) is 6.43. The molecule has 0 radical (unpaired) electrons. The van der Waals surface area contributed by atoms with Crippen molar-refractivity contribution in [2.45, 2.75) is 6.61 Å². The molecule has 0 aliphatic carbocycles. The fourth-order valence-corrected chi connectivity index (χ4v) is 1.95. The quantitative estimate of drug-likeness (QED) is 0.684. The van der Waals surface area contributed by atoms with Crippen LogP contribution in [-0.2, 0) is 11.3 Å². The molecule has 2 aromatic rings. The van der Waals surface area contributed by atoms with Crippen molar-refractivity contribution in [3.8, 4) is 0 Å². The van der Waals surface area contributed by atoms with Gasteiger partial charge < -0.3 is 10.5 Å². The zero-order chi connectivity index (χ0) is 14.7. The van der Waals surface area contributed by atoms with Crippen molar-refractivity contribution >= 4 is 27.6 Å². The van der Waals surface area contributed by atoms with Gasteiger partial charge in [0.1, 0.15) is 18.2 Å². The van der Waals surface area contributed by atoms with E-state index in [1.165, 1.54) is 0 Å². The maximum Gasteiger partial charge on any atom is 0.341 e. The lowest BCUT2D eigenvalue weighted by molar-refractivity contribution is 0.0466. The molecule has 6 heteroatoms. The zero-order valence-electron chi connectivity index (χ0n) is 10.2. The minimum absolute atomic E-state index is 0.0499. The second-order valence-corrected chi connectivity index (χ2v) is 4.88. The Hall–Kier alpha value is -1.95. The molecular formula is C14H10BrF2NO2. The van der Waals surface area contributed by atoms with Crippen LogP contribution < -0.4 is 5.73 Å². The van der Waals surface area contributed by atoms with E-state index < -0.39 is 23.2 Å². The van der Waals surface area contributed by atoms with E-state index in [0.717, 1.165) is 22.2 Å². The second-order valence-electron chi connectivity index (χ2n) is 4.02. The summed E-state index contributed by atoms with van der Waals surface area (Å²) in [5, 5.41) is 0. The number of nitrogen functional groups attached to an aromatic ring is 1. The minimum atomic E-state index is -0.947. The number of anilines is 1. The number of esters is 1. The predicted molar refractivity (Wildman–Crippen MR) is 74.0 cm³/mol. The summed E-state index contributed by atoms with van der Waals surface area (Å²) in [6.45, 7) is -0.0499. The molecule has 0 aliphatic heterocycles. The molecule has 0 amide bonds. The molecule has 0 aliphatic rings. The van der Waals surface area contributed by atoms with Gasteiger partial charge in [-0.25, -0.2) is 13.6 Å². The Balaban J connectivity index is 2.13. The lowest BCUT2D eigenvalue weighted by atomic mass is 10.2. The van der Waals surface area contributed by atoms with E-state index in [-0.39, 0.29) is 12.3 Å². The highest BCUT2D eigenvalue weighted by Crippen LogP contribution is 2.20. The van der Waals surface area contributed by atoms with Crippen molar-refractivity contribution in [1.29, 1.82) is 0 Å². The average molecular weight is 342 g/mol. The van der Waals surface area contributed by atoms with Crippen LogP contribution in [0.15, 0.2) is 40.9 Å². The van der Waals surface area contributed by atoms with E-state index >= 15 is 0 Å². The third kappa shape index (κ3) is 3.14. The summed E-state index contributed by atoms with van der Waals surface area (Å²) >= 11 is 3.30. The van der Waals surface area contributed by atoms with E-state index in [4.69, 9.17) is 10.5 Å². The van der Waals surface area contributed by atoms with Gasteiger partial charge >= 0.3 is 5.97 Å². The van der Waals surface area contributed by atoms with Gasteiger partial charge in [0, 0.05) is 16.1 Å². The second kappa shape index (κ2) is 6.00. The summed E-state index contributed by atoms with van der Waals surface area (Å²) in [5.74, 6) is -2.72. The van der Waals surface area contributed by atoms with E-state index in [9.17, 15) is 13.6 Å². The molecule has 0 atom stereocenters. The van der Waals surface area contributed by atoms with Crippen molar-refractivity contribution < 1.29 is 18.3 Å². The molecule has 2 rings (SSSR count). The lowest BCUT2D eigenvalue weighted by Crippen LogP contribution is -2.09. The molecule has 0 spiro atoms. The molecule has 0 saturated carbocycles. The van der Waals surface area contributed by atoms with Gasteiger partial charge in [-0.1, -0.05) is 34.1 Å². The van der Waals surface area contributed by atoms with Crippen LogP contribution in [0.25, 0.3) is 0 Å². The van der Waals surface area contributed by atoms with Crippen LogP contribution in [0.3, 0.4) is 0 Å². The van der Waals surface area contributed by atoms with Crippen LogP contribution in [0.4, 0.5) is 14.5 Å². The molecule has 104 valence electrons. The van der Waals surface area contributed by atoms with Gasteiger partial charge in [-0.2, -0.15) is 0 Å². The summed E-state index contributed by atoms with van der Waals surface area (Å²) in [7, 11) is 0. The molecule has 20 heavy (non-hydrogen) atoms. The smallest absolute Gasteiger partial charge is 0.341 e. The Bertz CT molecular complexity index is 662. The number of hydrogen-bond acceptors (Lipinski definition) is 3. The summed E-state index contributed by atoms with van der Waals surface area (Å²) in [4.78, 5) is 11.7. The summed E-state index contributed by atoms with van der Waals surface area (Å²) in [6.07, 6.45) is 0. The average Bonchev–Trinajstić information content (AvgIpc) is 2.41. The van der Waals surface area contributed by atoms with Crippen molar-refractivity contribution in [2.24, 2.45) is 0 Å². The van der Waals surface area contributed by atoms with Crippen LogP contribution in [-0.4, -0.2) is 5.97 Å². The van der Waals surface area contributed by atoms with Gasteiger partial charge in [0.15, 0.2) is 0 Å². The molecule has 0 heterocycles. The third-order valence-electron chi connectivity index (χ3n) is 2.62. The molecule has 0 fully saturated rings. The molecule has 0 bridgehead atoms. The van der Waals surface area contributed by atoms with Crippen LogP contribution >= 0.6 is 15.9 Å². The lowest BCUT2D eigenvalue weighted by Gasteiger charge is -2.08. The van der Waals surface area contributed by atoms with Gasteiger partial charge in [0.2, 0.25) is 0 Å². The Morgan fingerprint density at radius 1 is 1.20 bits per heavy atom. The number of carbonyl (C=O) groups is 1. The summed E-state index contributed by atoms with van der Waals surface area (Å²) in [6, 6.07) is 8.60. The monoisotopic (exact) mass is 341 g/mol. The third-order valence-corrected chi connectivity index (χ3v) is 3.40. The van der Waals surface area contributed by atoms with Crippen molar-refractivity contribution in [3.63, 3.8) is 0 Å².